The molecule has 20 atom stereocenters. The van der Waals surface area contributed by atoms with Crippen LogP contribution in [0.5, 0.6) is 0 Å². The number of carbonyl (C=O) groups excluding carboxylic acids is 4. The Bertz CT molecular complexity index is 2570. The Balaban J connectivity index is 0.000000205. The summed E-state index contributed by atoms with van der Waals surface area (Å²) in [6, 6.07) is 0. The molecule has 440 valence electrons. The molecule has 0 aromatic heterocycles. The van der Waals surface area contributed by atoms with Crippen molar-refractivity contribution in [2.75, 3.05) is 14.2 Å². The molecule has 10 aliphatic carbocycles. The van der Waals surface area contributed by atoms with Crippen LogP contribution in [0.2, 0.25) is 0 Å². The maximum absolute atomic E-state index is 13.3. The van der Waals surface area contributed by atoms with Gasteiger partial charge in [-0.15, -0.1) is 0 Å². The molecule has 0 saturated heterocycles. The van der Waals surface area contributed by atoms with Crippen LogP contribution in [0.4, 0.5) is 0 Å². The fourth-order valence-corrected chi connectivity index (χ4v) is 24.4. The number of allylic oxidation sites excluding steroid dienone is 4. The number of methoxy groups -OCH3 is 2. The molecule has 14 nitrogen and oxygen atoms in total. The summed E-state index contributed by atoms with van der Waals surface area (Å²) >= 11 is 0. The van der Waals surface area contributed by atoms with Gasteiger partial charge in [0.1, 0.15) is 0 Å². The molecule has 79 heavy (non-hydrogen) atoms. The summed E-state index contributed by atoms with van der Waals surface area (Å²) in [4.78, 5) is 52.0. The standard InChI is InChI=1S/2C31H48O7S.Mg/c2*1-19(2)16-21(32)17-20(3)22-10-12-28(5)23-8-9-24-29(6,26(33)37-7)25(38-39(34,35)36)11-13-30(24)18-31(23,30)15-14-27(22,28)4;/h2*16,20,22-25H,8-15,17-18H2,1-7H3,(H,34,35,36);/q;;+2/p-2/t2*20-,22-,23+,24+,25+,27-,28+,29+,30-,31+;/m11./s1. The molecule has 10 aliphatic rings. The third-order valence-electron chi connectivity index (χ3n) is 26.6. The van der Waals surface area contributed by atoms with Gasteiger partial charge in [0, 0.05) is 12.8 Å². The molecule has 0 aromatic rings. The summed E-state index contributed by atoms with van der Waals surface area (Å²) in [5, 5.41) is 0. The van der Waals surface area contributed by atoms with Crippen molar-refractivity contribution in [1.82, 2.24) is 0 Å². The number of hydrogen-bond donors (Lipinski definition) is 0. The molecule has 10 saturated carbocycles. The molecule has 0 N–H and O–H groups in total. The number of ether oxygens (including phenoxy) is 2. The molecule has 4 spiro atoms. The van der Waals surface area contributed by atoms with Crippen molar-refractivity contribution in [2.45, 2.75) is 224 Å². The molecular weight excluding hydrogens is 1060 g/mol. The first-order valence-corrected chi connectivity index (χ1v) is 32.5. The molecule has 17 heteroatoms. The minimum atomic E-state index is -4.95. The second-order valence-corrected chi connectivity index (χ2v) is 31.7. The topological polar surface area (TPSA) is 220 Å². The molecule has 0 heterocycles. The quantitative estimate of drug-likeness (QED) is 0.0519. The Morgan fingerprint density at radius 2 is 0.797 bits per heavy atom. The maximum Gasteiger partial charge on any atom is 2.00 e. The summed E-state index contributed by atoms with van der Waals surface area (Å²) in [5.74, 6) is 2.14. The van der Waals surface area contributed by atoms with Gasteiger partial charge in [-0.1, -0.05) is 52.7 Å². The van der Waals surface area contributed by atoms with E-state index in [9.17, 15) is 45.1 Å². The summed E-state index contributed by atoms with van der Waals surface area (Å²) in [6.45, 7) is 26.0. The summed E-state index contributed by atoms with van der Waals surface area (Å²) in [6.07, 6.45) is 19.9. The molecule has 0 aliphatic heterocycles. The van der Waals surface area contributed by atoms with Crippen LogP contribution in [0.1, 0.15) is 212 Å². The Morgan fingerprint density at radius 1 is 0.481 bits per heavy atom. The number of fused-ring (bicyclic) bond motifs is 4. The third kappa shape index (κ3) is 9.34. The Kier molecular flexibility index (Phi) is 16.6. The fourth-order valence-electron chi connectivity index (χ4n) is 23.3. The van der Waals surface area contributed by atoms with Crippen molar-refractivity contribution < 1.29 is 63.0 Å². The average Bonchev–Trinajstić information content (AvgIpc) is 3.09. The first kappa shape index (κ1) is 63.3. The monoisotopic (exact) mass is 1150 g/mol. The van der Waals surface area contributed by atoms with E-state index in [0.717, 1.165) is 114 Å². The minimum Gasteiger partial charge on any atom is -0.726 e. The molecule has 10 rings (SSSR count). The van der Waals surface area contributed by atoms with Gasteiger partial charge in [0.15, 0.2) is 11.6 Å². The zero-order chi connectivity index (χ0) is 57.6. The Morgan fingerprint density at radius 3 is 1.10 bits per heavy atom. The second kappa shape index (κ2) is 20.8. The number of carbonyl (C=O) groups is 4. The number of hydrogen-bond acceptors (Lipinski definition) is 14. The van der Waals surface area contributed by atoms with Gasteiger partial charge < -0.3 is 18.6 Å². The average molecular weight is 1150 g/mol. The van der Waals surface area contributed by atoms with Gasteiger partial charge in [-0.25, -0.2) is 16.8 Å². The van der Waals surface area contributed by atoms with Gasteiger partial charge >= 0.3 is 35.0 Å². The smallest absolute Gasteiger partial charge is 0.726 e. The van der Waals surface area contributed by atoms with Crippen molar-refractivity contribution in [2.24, 2.45) is 101 Å². The Labute approximate surface area is 490 Å². The largest absolute Gasteiger partial charge is 2.00 e. The first-order valence-electron chi connectivity index (χ1n) is 29.8. The van der Waals surface area contributed by atoms with Crippen molar-refractivity contribution in [3.8, 4) is 0 Å². The SMILES string of the molecule is COC(=O)[C@]1(C)[C@@H](OS(=O)(=O)[O-])CC[C@]23C[C@]24CC[C@]2(C)[C@@H]([C@H](C)CC(=O)C=C(C)C)CC[C@@]2(C)[C@@H]4CC[C@@H]13.COC(=O)[C@]1(C)[C@@H](OS(=O)(=O)[O-])CC[C@]23C[C@]24CC[C@]2(C)[C@@H]([C@H](C)CC(=O)C=C(C)C)CC[C@@]2(C)[C@@H]4CC[C@@H]13.[Mg+2]. The van der Waals surface area contributed by atoms with E-state index in [2.05, 4.69) is 41.5 Å². The molecule has 0 amide bonds. The van der Waals surface area contributed by atoms with E-state index in [1.807, 2.05) is 27.7 Å². The minimum absolute atomic E-state index is 0. The van der Waals surface area contributed by atoms with Crippen molar-refractivity contribution in [1.29, 1.82) is 0 Å². The van der Waals surface area contributed by atoms with E-state index in [1.165, 1.54) is 14.2 Å². The fraction of sp³-hybridized carbons (Fsp3) is 0.871. The van der Waals surface area contributed by atoms with E-state index in [4.69, 9.17) is 17.8 Å². The van der Waals surface area contributed by atoms with Crippen LogP contribution in [0.25, 0.3) is 0 Å². The second-order valence-electron chi connectivity index (χ2n) is 29.7. The molecular formula is C62H94MgO14S2. The zero-order valence-electron chi connectivity index (χ0n) is 50.3. The number of ketones is 2. The molecule has 10 fully saturated rings. The van der Waals surface area contributed by atoms with E-state index in [-0.39, 0.29) is 89.8 Å². The summed E-state index contributed by atoms with van der Waals surface area (Å²) < 4.78 is 90.3. The van der Waals surface area contributed by atoms with Crippen LogP contribution in [0, 0.1) is 101 Å². The summed E-state index contributed by atoms with van der Waals surface area (Å²) in [5.41, 5.74) is 0.591. The van der Waals surface area contributed by atoms with Gasteiger partial charge in [0.05, 0.1) is 37.3 Å². The van der Waals surface area contributed by atoms with Gasteiger partial charge in [-0.3, -0.25) is 27.5 Å². The van der Waals surface area contributed by atoms with Crippen LogP contribution < -0.4 is 0 Å². The van der Waals surface area contributed by atoms with E-state index < -0.39 is 55.8 Å². The van der Waals surface area contributed by atoms with Gasteiger partial charge in [-0.05, 0) is 260 Å². The molecule has 0 radical (unpaired) electrons. The molecule has 0 aromatic carbocycles. The normalized spacial score (nSPS) is 46.5. The van der Waals surface area contributed by atoms with Crippen LogP contribution in [0.3, 0.4) is 0 Å². The van der Waals surface area contributed by atoms with E-state index in [1.54, 1.807) is 26.0 Å². The first-order chi connectivity index (χ1) is 36.0. The Hall–Kier alpha value is -1.73. The van der Waals surface area contributed by atoms with Crippen molar-refractivity contribution in [3.63, 3.8) is 0 Å². The van der Waals surface area contributed by atoms with Gasteiger partial charge in [0.25, 0.3) is 0 Å². The third-order valence-corrected chi connectivity index (χ3v) is 27.5. The van der Waals surface area contributed by atoms with Crippen LogP contribution in [-0.4, -0.2) is 98.9 Å². The van der Waals surface area contributed by atoms with Crippen molar-refractivity contribution in [3.05, 3.63) is 23.3 Å². The van der Waals surface area contributed by atoms with E-state index in [0.29, 0.717) is 61.2 Å². The van der Waals surface area contributed by atoms with Crippen LogP contribution in [-0.2, 0) is 57.8 Å². The summed E-state index contributed by atoms with van der Waals surface area (Å²) in [7, 11) is -7.23. The predicted octanol–water partition coefficient (Wildman–Crippen LogP) is 11.6. The van der Waals surface area contributed by atoms with Crippen molar-refractivity contribution >= 4 is 67.4 Å². The zero-order valence-corrected chi connectivity index (χ0v) is 53.4. The molecule has 0 unspecified atom stereocenters. The predicted molar refractivity (Wildman–Crippen MR) is 298 cm³/mol. The number of rotatable bonds is 14. The van der Waals surface area contributed by atoms with Gasteiger partial charge in [-0.2, -0.15) is 0 Å². The maximum atomic E-state index is 13.3. The number of esters is 2. The van der Waals surface area contributed by atoms with Crippen LogP contribution in [0.15, 0.2) is 23.3 Å². The molecule has 0 bridgehead atoms. The van der Waals surface area contributed by atoms with Crippen LogP contribution >= 0.6 is 0 Å². The van der Waals surface area contributed by atoms with Gasteiger partial charge in [0.2, 0.25) is 20.8 Å². The van der Waals surface area contributed by atoms with E-state index >= 15 is 0 Å².